The van der Waals surface area contributed by atoms with Gasteiger partial charge in [0.25, 0.3) is 0 Å². The van der Waals surface area contributed by atoms with Gasteiger partial charge in [0.05, 0.1) is 13.6 Å². The van der Waals surface area contributed by atoms with Gasteiger partial charge >= 0.3 is 5.97 Å². The maximum atomic E-state index is 12.2. The molecule has 0 aliphatic heterocycles. The molecule has 0 radical (unpaired) electrons. The van der Waals surface area contributed by atoms with Crippen LogP contribution in [-0.2, 0) is 4.84 Å². The molecule has 18 heavy (non-hydrogen) atoms. The Hall–Kier alpha value is -1.13. The summed E-state index contributed by atoms with van der Waals surface area (Å²) in [5.74, 6) is -0.239. The van der Waals surface area contributed by atoms with Gasteiger partial charge in [0.15, 0.2) is 0 Å². The van der Waals surface area contributed by atoms with E-state index in [0.717, 1.165) is 5.19 Å². The first-order valence-corrected chi connectivity index (χ1v) is 9.96. The van der Waals surface area contributed by atoms with Crippen LogP contribution in [0, 0.1) is 0 Å². The molecule has 0 aliphatic carbocycles. The smallest absolute Gasteiger partial charge is 0.356 e. The summed E-state index contributed by atoms with van der Waals surface area (Å²) in [6, 6.07) is 7.79. The molecule has 0 spiro atoms. The molecule has 0 bridgehead atoms. The van der Waals surface area contributed by atoms with Crippen molar-refractivity contribution in [3.63, 3.8) is 0 Å². The highest BCUT2D eigenvalue weighted by molar-refractivity contribution is 6.89. The zero-order chi connectivity index (χ0) is 13.8. The van der Waals surface area contributed by atoms with Gasteiger partial charge in [-0.2, -0.15) is 0 Å². The number of hydrogen-bond donors (Lipinski definition) is 0. The first-order chi connectivity index (χ1) is 8.40. The molecular formula is C14H23NO2Si. The minimum absolute atomic E-state index is 0.239. The van der Waals surface area contributed by atoms with E-state index in [4.69, 9.17) is 4.84 Å². The summed E-state index contributed by atoms with van der Waals surface area (Å²) in [5, 5.41) is 2.82. The molecule has 0 atom stereocenters. The van der Waals surface area contributed by atoms with Crippen molar-refractivity contribution in [1.82, 2.24) is 5.06 Å². The first-order valence-electron chi connectivity index (χ1n) is 6.46. The number of rotatable bonds is 5. The highest BCUT2D eigenvalue weighted by atomic mass is 28.3. The lowest BCUT2D eigenvalue weighted by molar-refractivity contribution is -0.103. The molecule has 100 valence electrons. The highest BCUT2D eigenvalue weighted by Crippen LogP contribution is 2.09. The molecule has 0 aliphatic rings. The van der Waals surface area contributed by atoms with E-state index in [1.165, 1.54) is 0 Å². The van der Waals surface area contributed by atoms with Crippen LogP contribution in [0.25, 0.3) is 0 Å². The number of carbonyl (C=O) groups excluding carboxylic acids is 1. The second kappa shape index (κ2) is 6.16. The molecule has 1 aromatic rings. The zero-order valence-electron chi connectivity index (χ0n) is 12.0. The van der Waals surface area contributed by atoms with Gasteiger partial charge in [0, 0.05) is 13.1 Å². The van der Waals surface area contributed by atoms with Gasteiger partial charge in [-0.1, -0.05) is 37.8 Å². The molecular weight excluding hydrogens is 242 g/mol. The molecule has 1 rings (SSSR count). The fourth-order valence-corrected chi connectivity index (χ4v) is 3.42. The monoisotopic (exact) mass is 265 g/mol. The maximum Gasteiger partial charge on any atom is 0.356 e. The van der Waals surface area contributed by atoms with Crippen molar-refractivity contribution in [2.24, 2.45) is 0 Å². The maximum absolute atomic E-state index is 12.2. The molecule has 0 fully saturated rings. The first kappa shape index (κ1) is 14.9. The molecule has 0 amide bonds. The minimum Gasteiger partial charge on any atom is -0.364 e. The Bertz CT molecular complexity index is 409. The van der Waals surface area contributed by atoms with E-state index in [0.29, 0.717) is 18.7 Å². The van der Waals surface area contributed by atoms with Gasteiger partial charge in [-0.25, -0.2) is 4.79 Å². The lowest BCUT2D eigenvalue weighted by atomic mass is 10.2. The van der Waals surface area contributed by atoms with Crippen molar-refractivity contribution in [2.45, 2.75) is 33.5 Å². The van der Waals surface area contributed by atoms with E-state index in [9.17, 15) is 4.79 Å². The Morgan fingerprint density at radius 1 is 1.17 bits per heavy atom. The normalized spacial score (nSPS) is 11.7. The van der Waals surface area contributed by atoms with E-state index in [2.05, 4.69) is 19.6 Å². The Morgan fingerprint density at radius 3 is 2.22 bits per heavy atom. The van der Waals surface area contributed by atoms with E-state index in [-0.39, 0.29) is 5.97 Å². The fourth-order valence-electron chi connectivity index (χ4n) is 1.83. The number of benzene rings is 1. The van der Waals surface area contributed by atoms with Crippen molar-refractivity contribution in [3.05, 3.63) is 29.8 Å². The Balaban J connectivity index is 2.99. The van der Waals surface area contributed by atoms with Gasteiger partial charge in [-0.3, -0.25) is 0 Å². The summed E-state index contributed by atoms with van der Waals surface area (Å²) in [6.07, 6.45) is 0. The third-order valence-electron chi connectivity index (χ3n) is 2.87. The van der Waals surface area contributed by atoms with Crippen LogP contribution in [-0.4, -0.2) is 32.2 Å². The summed E-state index contributed by atoms with van der Waals surface area (Å²) in [5.41, 5.74) is 0.712. The number of hydrogen-bond acceptors (Lipinski definition) is 3. The SMILES string of the molecule is CCN(CC)OC(=O)c1ccccc1[Si](C)(C)C. The fraction of sp³-hybridized carbons (Fsp3) is 0.500. The lowest BCUT2D eigenvalue weighted by Crippen LogP contribution is -2.42. The van der Waals surface area contributed by atoms with Crippen LogP contribution in [0.2, 0.25) is 19.6 Å². The molecule has 0 aromatic heterocycles. The standard InChI is InChI=1S/C14H23NO2Si/c1-6-15(7-2)17-14(16)12-10-8-9-11-13(12)18(3,4)5/h8-11H,6-7H2,1-5H3. The summed E-state index contributed by atoms with van der Waals surface area (Å²) in [4.78, 5) is 17.6. The van der Waals surface area contributed by atoms with Crippen LogP contribution in [0.4, 0.5) is 0 Å². The second-order valence-electron chi connectivity index (χ2n) is 5.29. The summed E-state index contributed by atoms with van der Waals surface area (Å²) in [7, 11) is -1.53. The van der Waals surface area contributed by atoms with E-state index < -0.39 is 8.07 Å². The Labute approximate surface area is 111 Å². The van der Waals surface area contributed by atoms with Gasteiger partial charge in [-0.15, -0.1) is 5.06 Å². The van der Waals surface area contributed by atoms with Crippen LogP contribution in [0.3, 0.4) is 0 Å². The van der Waals surface area contributed by atoms with Gasteiger partial charge in [0.2, 0.25) is 0 Å². The van der Waals surface area contributed by atoms with Gasteiger partial charge < -0.3 is 4.84 Å². The third kappa shape index (κ3) is 3.68. The molecule has 4 heteroatoms. The average Bonchev–Trinajstić information content (AvgIpc) is 2.34. The lowest BCUT2D eigenvalue weighted by Gasteiger charge is -2.22. The van der Waals surface area contributed by atoms with Gasteiger partial charge in [-0.05, 0) is 25.1 Å². The van der Waals surface area contributed by atoms with Gasteiger partial charge in [0.1, 0.15) is 0 Å². The van der Waals surface area contributed by atoms with Crippen LogP contribution in [0.5, 0.6) is 0 Å². The Kier molecular flexibility index (Phi) is 5.11. The van der Waals surface area contributed by atoms with E-state index >= 15 is 0 Å². The summed E-state index contributed by atoms with van der Waals surface area (Å²) >= 11 is 0. The number of hydroxylamine groups is 2. The molecule has 3 nitrogen and oxygen atoms in total. The molecule has 0 saturated carbocycles. The van der Waals surface area contributed by atoms with Crippen molar-refractivity contribution in [2.75, 3.05) is 13.1 Å². The largest absolute Gasteiger partial charge is 0.364 e. The molecule has 0 unspecified atom stereocenters. The van der Waals surface area contributed by atoms with Crippen LogP contribution >= 0.6 is 0 Å². The molecule has 1 aromatic carbocycles. The van der Waals surface area contributed by atoms with Crippen molar-refractivity contribution < 1.29 is 9.63 Å². The van der Waals surface area contributed by atoms with Crippen molar-refractivity contribution in [1.29, 1.82) is 0 Å². The third-order valence-corrected chi connectivity index (χ3v) is 4.92. The Morgan fingerprint density at radius 2 is 1.72 bits per heavy atom. The highest BCUT2D eigenvalue weighted by Gasteiger charge is 2.24. The summed E-state index contributed by atoms with van der Waals surface area (Å²) < 4.78 is 0. The predicted octanol–water partition coefficient (Wildman–Crippen LogP) is 2.65. The van der Waals surface area contributed by atoms with Crippen LogP contribution in [0.1, 0.15) is 24.2 Å². The quantitative estimate of drug-likeness (QED) is 0.605. The van der Waals surface area contributed by atoms with Crippen molar-refractivity contribution in [3.8, 4) is 0 Å². The van der Waals surface area contributed by atoms with Crippen LogP contribution in [0.15, 0.2) is 24.3 Å². The van der Waals surface area contributed by atoms with Crippen LogP contribution < -0.4 is 5.19 Å². The topological polar surface area (TPSA) is 29.5 Å². The van der Waals surface area contributed by atoms with E-state index in [1.807, 2.05) is 38.1 Å². The molecule has 0 heterocycles. The zero-order valence-corrected chi connectivity index (χ0v) is 13.0. The average molecular weight is 265 g/mol. The second-order valence-corrected chi connectivity index (χ2v) is 10.3. The summed E-state index contributed by atoms with van der Waals surface area (Å²) in [6.45, 7) is 12.1. The number of nitrogens with zero attached hydrogens (tertiary/aromatic N) is 1. The predicted molar refractivity (Wildman–Crippen MR) is 77.8 cm³/mol. The van der Waals surface area contributed by atoms with E-state index in [1.54, 1.807) is 5.06 Å². The minimum atomic E-state index is -1.53. The molecule has 0 N–H and O–H groups in total. The number of carbonyl (C=O) groups is 1. The molecule has 0 saturated heterocycles. The van der Waals surface area contributed by atoms with Crippen molar-refractivity contribution >= 4 is 19.2 Å².